The van der Waals surface area contributed by atoms with Crippen LogP contribution in [0.15, 0.2) is 42.5 Å². The van der Waals surface area contributed by atoms with Crippen molar-refractivity contribution in [3.05, 3.63) is 58.6 Å². The van der Waals surface area contributed by atoms with Crippen LogP contribution in [0.1, 0.15) is 66.8 Å². The number of carboxylic acid groups (broad SMARTS) is 1. The van der Waals surface area contributed by atoms with E-state index < -0.39 is 41.5 Å². The number of aliphatic carboxylic acids is 1. The number of ether oxygens (including phenoxy) is 1. The summed E-state index contributed by atoms with van der Waals surface area (Å²) in [5, 5.41) is 14.3. The van der Waals surface area contributed by atoms with Gasteiger partial charge in [-0.05, 0) is 67.5 Å². The van der Waals surface area contributed by atoms with E-state index in [9.17, 15) is 32.7 Å². The lowest BCUT2D eigenvalue weighted by atomic mass is 9.65. The molecule has 2 aliphatic carbocycles. The van der Waals surface area contributed by atoms with Crippen LogP contribution in [-0.4, -0.2) is 47.3 Å². The SMILES string of the molecule is O=CCC(NC1CCC1)(C(=O)O)C1c2ccc(Cl)cc2N(C(=O)c2cccc(OC(F)(F)F)c2)C2CCCC21. The molecule has 5 rings (SSSR count). The highest BCUT2D eigenvalue weighted by atomic mass is 35.5. The maximum Gasteiger partial charge on any atom is 0.573 e. The van der Waals surface area contributed by atoms with Crippen molar-refractivity contribution in [1.29, 1.82) is 0 Å². The smallest absolute Gasteiger partial charge is 0.480 e. The molecule has 0 bridgehead atoms. The van der Waals surface area contributed by atoms with Crippen molar-refractivity contribution < 1.29 is 37.4 Å². The molecule has 4 atom stereocenters. The molecule has 1 heterocycles. The van der Waals surface area contributed by atoms with E-state index in [1.54, 1.807) is 23.1 Å². The third kappa shape index (κ3) is 5.12. The zero-order valence-electron chi connectivity index (χ0n) is 20.9. The Hall–Kier alpha value is -3.11. The number of fused-ring (bicyclic) bond motifs is 2. The van der Waals surface area contributed by atoms with E-state index in [2.05, 4.69) is 10.1 Å². The maximum absolute atomic E-state index is 13.9. The normalized spacial score (nSPS) is 24.2. The summed E-state index contributed by atoms with van der Waals surface area (Å²) in [6.45, 7) is 0. The molecule has 3 aliphatic rings. The Bertz CT molecular complexity index is 1280. The van der Waals surface area contributed by atoms with Gasteiger partial charge in [0.15, 0.2) is 0 Å². The number of rotatable bonds is 8. The van der Waals surface area contributed by atoms with E-state index in [0.717, 1.165) is 37.8 Å². The van der Waals surface area contributed by atoms with Crippen LogP contribution in [0.3, 0.4) is 0 Å². The number of hydrogen-bond acceptors (Lipinski definition) is 5. The largest absolute Gasteiger partial charge is 0.573 e. The number of alkyl halides is 3. The van der Waals surface area contributed by atoms with Gasteiger partial charge in [0, 0.05) is 40.7 Å². The standard InChI is InChI=1S/C28H28ClF3N2O5/c29-17-10-11-21-23(15-17)34(25(36)16-4-1-7-19(14-16)39-28(30,31)32)22-9-3-8-20(22)24(21)27(12-13-35,26(37)38)33-18-5-2-6-18/h1,4,7,10-11,13-15,18,20,22,24,33H,2-3,5-6,8-9,12H2,(H,37,38). The van der Waals surface area contributed by atoms with Crippen molar-refractivity contribution in [3.63, 3.8) is 0 Å². The summed E-state index contributed by atoms with van der Waals surface area (Å²) in [6, 6.07) is 9.33. The third-order valence-corrected chi connectivity index (χ3v) is 8.53. The minimum Gasteiger partial charge on any atom is -0.480 e. The number of nitrogens with one attached hydrogen (secondary N) is 1. The molecule has 2 N–H and O–H groups in total. The van der Waals surface area contributed by atoms with Crippen molar-refractivity contribution in [3.8, 4) is 5.75 Å². The third-order valence-electron chi connectivity index (χ3n) is 8.30. The van der Waals surface area contributed by atoms with Crippen LogP contribution in [0.5, 0.6) is 5.75 Å². The van der Waals surface area contributed by atoms with Crippen molar-refractivity contribution in [1.82, 2.24) is 5.32 Å². The first kappa shape index (κ1) is 27.5. The van der Waals surface area contributed by atoms with E-state index in [1.165, 1.54) is 12.1 Å². The van der Waals surface area contributed by atoms with Crippen LogP contribution in [0, 0.1) is 5.92 Å². The van der Waals surface area contributed by atoms with Gasteiger partial charge in [0.1, 0.15) is 17.6 Å². The Labute approximate surface area is 228 Å². The summed E-state index contributed by atoms with van der Waals surface area (Å²) in [5.41, 5.74) is -0.626. The molecule has 7 nitrogen and oxygen atoms in total. The van der Waals surface area contributed by atoms with Gasteiger partial charge in [-0.15, -0.1) is 13.2 Å². The minimum atomic E-state index is -4.91. The molecule has 2 aromatic carbocycles. The van der Waals surface area contributed by atoms with Gasteiger partial charge in [-0.1, -0.05) is 36.6 Å². The lowest BCUT2D eigenvalue weighted by Crippen LogP contribution is -2.65. The number of carboxylic acids is 1. The summed E-state index contributed by atoms with van der Waals surface area (Å²) >= 11 is 6.36. The molecular formula is C28H28ClF3N2O5. The van der Waals surface area contributed by atoms with Gasteiger partial charge in [-0.2, -0.15) is 0 Å². The van der Waals surface area contributed by atoms with Gasteiger partial charge in [-0.25, -0.2) is 0 Å². The summed E-state index contributed by atoms with van der Waals surface area (Å²) in [4.78, 5) is 40.4. The second-order valence-electron chi connectivity index (χ2n) is 10.5. The highest BCUT2D eigenvalue weighted by molar-refractivity contribution is 6.31. The first-order valence-electron chi connectivity index (χ1n) is 13.0. The number of amides is 1. The van der Waals surface area contributed by atoms with Crippen molar-refractivity contribution in [2.45, 2.75) is 74.8 Å². The molecule has 11 heteroatoms. The van der Waals surface area contributed by atoms with E-state index in [4.69, 9.17) is 11.6 Å². The fourth-order valence-corrected chi connectivity index (χ4v) is 6.70. The summed E-state index contributed by atoms with van der Waals surface area (Å²) in [7, 11) is 0. The van der Waals surface area contributed by atoms with Gasteiger partial charge >= 0.3 is 12.3 Å². The van der Waals surface area contributed by atoms with Crippen LogP contribution in [0.4, 0.5) is 18.9 Å². The molecule has 2 saturated carbocycles. The molecule has 39 heavy (non-hydrogen) atoms. The van der Waals surface area contributed by atoms with E-state index in [1.807, 2.05) is 0 Å². The number of benzene rings is 2. The summed E-state index contributed by atoms with van der Waals surface area (Å²) < 4.78 is 42.5. The highest BCUT2D eigenvalue weighted by Crippen LogP contribution is 2.54. The quantitative estimate of drug-likeness (QED) is 0.399. The molecule has 1 aliphatic heterocycles. The van der Waals surface area contributed by atoms with E-state index >= 15 is 0 Å². The Morgan fingerprint density at radius 2 is 1.85 bits per heavy atom. The zero-order chi connectivity index (χ0) is 27.9. The average Bonchev–Trinajstić information content (AvgIpc) is 3.31. The molecule has 2 aromatic rings. The second-order valence-corrected chi connectivity index (χ2v) is 10.9. The van der Waals surface area contributed by atoms with Crippen molar-refractivity contribution >= 4 is 35.5 Å². The highest BCUT2D eigenvalue weighted by Gasteiger charge is 2.57. The monoisotopic (exact) mass is 564 g/mol. The van der Waals surface area contributed by atoms with Gasteiger partial charge in [-0.3, -0.25) is 14.9 Å². The molecule has 0 aromatic heterocycles. The molecule has 2 fully saturated rings. The topological polar surface area (TPSA) is 95.9 Å². The summed E-state index contributed by atoms with van der Waals surface area (Å²) in [6.07, 6.45) is -0.0420. The van der Waals surface area contributed by atoms with Crippen LogP contribution in [-0.2, 0) is 9.59 Å². The fraction of sp³-hybridized carbons (Fsp3) is 0.464. The molecule has 1 amide bonds. The minimum absolute atomic E-state index is 0.00300. The van der Waals surface area contributed by atoms with Crippen LogP contribution in [0.2, 0.25) is 5.02 Å². The fourth-order valence-electron chi connectivity index (χ4n) is 6.54. The number of carbonyl (C=O) groups excluding carboxylic acids is 2. The first-order valence-corrected chi connectivity index (χ1v) is 13.4. The maximum atomic E-state index is 13.9. The van der Waals surface area contributed by atoms with Gasteiger partial charge < -0.3 is 19.5 Å². The Kier molecular flexibility index (Phi) is 7.37. The number of anilines is 1. The molecule has 0 radical (unpaired) electrons. The second kappa shape index (κ2) is 10.5. The molecule has 4 unspecified atom stereocenters. The van der Waals surface area contributed by atoms with Crippen LogP contribution >= 0.6 is 11.6 Å². The predicted molar refractivity (Wildman–Crippen MR) is 137 cm³/mol. The average molecular weight is 565 g/mol. The lowest BCUT2D eigenvalue weighted by molar-refractivity contribution is -0.274. The van der Waals surface area contributed by atoms with Crippen LogP contribution < -0.4 is 15.0 Å². The van der Waals surface area contributed by atoms with Gasteiger partial charge in [0.2, 0.25) is 0 Å². The Morgan fingerprint density at radius 1 is 1.10 bits per heavy atom. The van der Waals surface area contributed by atoms with Crippen molar-refractivity contribution in [2.75, 3.05) is 4.90 Å². The zero-order valence-corrected chi connectivity index (χ0v) is 21.7. The summed E-state index contributed by atoms with van der Waals surface area (Å²) in [5.74, 6) is -3.12. The number of carbonyl (C=O) groups is 3. The predicted octanol–water partition coefficient (Wildman–Crippen LogP) is 5.71. The van der Waals surface area contributed by atoms with Crippen molar-refractivity contribution in [2.24, 2.45) is 5.92 Å². The van der Waals surface area contributed by atoms with E-state index in [-0.39, 0.29) is 23.9 Å². The molecule has 0 spiro atoms. The Balaban J connectivity index is 1.63. The molecule has 208 valence electrons. The molecule has 0 saturated heterocycles. The number of hydrogen-bond donors (Lipinski definition) is 2. The Morgan fingerprint density at radius 3 is 2.49 bits per heavy atom. The first-order chi connectivity index (χ1) is 18.5. The number of nitrogens with zero attached hydrogens (tertiary/aromatic N) is 1. The van der Waals surface area contributed by atoms with Gasteiger partial charge in [0.05, 0.1) is 0 Å². The molecular weight excluding hydrogens is 537 g/mol. The number of halogens is 4. The number of aldehydes is 1. The van der Waals surface area contributed by atoms with Gasteiger partial charge in [0.25, 0.3) is 5.91 Å². The van der Waals surface area contributed by atoms with E-state index in [0.29, 0.717) is 35.4 Å². The lowest BCUT2D eigenvalue weighted by Gasteiger charge is -2.51. The van der Waals surface area contributed by atoms with Crippen LogP contribution in [0.25, 0.3) is 0 Å².